The summed E-state index contributed by atoms with van der Waals surface area (Å²) in [6.45, 7) is 5.73. The number of benzene rings is 3. The molecule has 8 heteroatoms. The van der Waals surface area contributed by atoms with Crippen molar-refractivity contribution in [3.05, 3.63) is 119 Å². The summed E-state index contributed by atoms with van der Waals surface area (Å²) in [6, 6.07) is 17.7. The second kappa shape index (κ2) is 11.9. The summed E-state index contributed by atoms with van der Waals surface area (Å²) < 4.78 is 24.6. The highest BCUT2D eigenvalue weighted by Crippen LogP contribution is 2.34. The molecule has 1 aromatic heterocycles. The molecule has 0 saturated carbocycles. The Balaban J connectivity index is 1.28. The SMILES string of the molecule is CC(C)(C)OC(=O)/C=C/C1=CC=C(c2ccc3ncnc(Nc4ccc(OCc5cccc(F)c5)c(Cl)c4)c3c2)C1. The number of carbonyl (C=O) groups excluding carboxylic acids is 1. The van der Waals surface area contributed by atoms with Crippen LogP contribution < -0.4 is 10.1 Å². The second-order valence-corrected chi connectivity index (χ2v) is 11.0. The highest BCUT2D eigenvalue weighted by Gasteiger charge is 2.16. The van der Waals surface area contributed by atoms with Crippen molar-refractivity contribution < 1.29 is 18.7 Å². The highest BCUT2D eigenvalue weighted by molar-refractivity contribution is 6.32. The van der Waals surface area contributed by atoms with Crippen LogP contribution in [-0.4, -0.2) is 21.5 Å². The molecule has 41 heavy (non-hydrogen) atoms. The molecule has 0 amide bonds. The number of aromatic nitrogens is 2. The first kappa shape index (κ1) is 28.1. The Morgan fingerprint density at radius 2 is 1.93 bits per heavy atom. The lowest BCUT2D eigenvalue weighted by atomic mass is 10.0. The van der Waals surface area contributed by atoms with E-state index in [4.69, 9.17) is 21.1 Å². The lowest BCUT2D eigenvalue weighted by Gasteiger charge is -2.17. The fourth-order valence-electron chi connectivity index (χ4n) is 4.35. The van der Waals surface area contributed by atoms with Crippen LogP contribution >= 0.6 is 11.6 Å². The van der Waals surface area contributed by atoms with Crippen LogP contribution in [0.2, 0.25) is 5.02 Å². The molecule has 1 aliphatic rings. The summed E-state index contributed by atoms with van der Waals surface area (Å²) in [7, 11) is 0. The molecular formula is C33H29ClFN3O3. The van der Waals surface area contributed by atoms with E-state index < -0.39 is 5.60 Å². The maximum absolute atomic E-state index is 13.5. The number of hydrogen-bond acceptors (Lipinski definition) is 6. The molecule has 208 valence electrons. The van der Waals surface area contributed by atoms with Gasteiger partial charge in [0.2, 0.25) is 0 Å². The molecule has 0 fully saturated rings. The summed E-state index contributed by atoms with van der Waals surface area (Å²) in [6.07, 6.45) is 9.51. The van der Waals surface area contributed by atoms with Gasteiger partial charge >= 0.3 is 5.97 Å². The van der Waals surface area contributed by atoms with Crippen LogP contribution in [0, 0.1) is 5.82 Å². The van der Waals surface area contributed by atoms with Crippen molar-refractivity contribution in [2.24, 2.45) is 0 Å². The van der Waals surface area contributed by atoms with Gasteiger partial charge in [0.1, 0.15) is 35.9 Å². The number of anilines is 2. The number of ether oxygens (including phenoxy) is 2. The Hall–Kier alpha value is -4.49. The number of nitrogens with zero attached hydrogens (tertiary/aromatic N) is 2. The molecule has 0 atom stereocenters. The van der Waals surface area contributed by atoms with Crippen LogP contribution in [0.15, 0.2) is 96.9 Å². The number of rotatable bonds is 8. The standard InChI is InChI=1S/C33H29ClFN3O3/c1-33(2,3)41-31(39)14-8-21-7-9-23(15-21)24-10-12-29-27(17-24)32(37-20-36-29)38-26-11-13-30(28(34)18-26)40-19-22-5-4-6-25(35)16-22/h4-14,16-18,20H,15,19H2,1-3H3,(H,36,37,38)/b14-8+. The molecule has 4 aromatic rings. The number of carbonyl (C=O) groups is 1. The van der Waals surface area contributed by atoms with Gasteiger partial charge in [0.25, 0.3) is 0 Å². The lowest BCUT2D eigenvalue weighted by molar-refractivity contribution is -0.148. The Kier molecular flexibility index (Phi) is 8.17. The summed E-state index contributed by atoms with van der Waals surface area (Å²) >= 11 is 6.49. The van der Waals surface area contributed by atoms with Crippen molar-refractivity contribution in [1.82, 2.24) is 9.97 Å². The average molecular weight is 570 g/mol. The molecular weight excluding hydrogens is 541 g/mol. The van der Waals surface area contributed by atoms with Gasteiger partial charge in [-0.2, -0.15) is 0 Å². The zero-order valence-electron chi connectivity index (χ0n) is 22.9. The van der Waals surface area contributed by atoms with E-state index in [2.05, 4.69) is 27.4 Å². The van der Waals surface area contributed by atoms with Gasteiger partial charge < -0.3 is 14.8 Å². The first-order valence-electron chi connectivity index (χ1n) is 13.1. The minimum atomic E-state index is -0.529. The molecule has 0 saturated heterocycles. The van der Waals surface area contributed by atoms with Crippen molar-refractivity contribution in [1.29, 1.82) is 0 Å². The van der Waals surface area contributed by atoms with Crippen LogP contribution in [0.1, 0.15) is 38.3 Å². The monoisotopic (exact) mass is 569 g/mol. The fourth-order valence-corrected chi connectivity index (χ4v) is 4.58. The van der Waals surface area contributed by atoms with Gasteiger partial charge in [-0.3, -0.25) is 0 Å². The third kappa shape index (κ3) is 7.38. The van der Waals surface area contributed by atoms with Crippen LogP contribution in [0.3, 0.4) is 0 Å². The van der Waals surface area contributed by atoms with Crippen molar-refractivity contribution in [2.75, 3.05) is 5.32 Å². The van der Waals surface area contributed by atoms with Gasteiger partial charge in [0, 0.05) is 17.1 Å². The lowest BCUT2D eigenvalue weighted by Crippen LogP contribution is -2.22. The number of fused-ring (bicyclic) bond motifs is 1. The number of esters is 1. The van der Waals surface area contributed by atoms with E-state index in [9.17, 15) is 9.18 Å². The Morgan fingerprint density at radius 1 is 1.07 bits per heavy atom. The van der Waals surface area contributed by atoms with Gasteiger partial charge in [0.15, 0.2) is 0 Å². The van der Waals surface area contributed by atoms with E-state index in [1.54, 1.807) is 30.3 Å². The number of halogens is 2. The van der Waals surface area contributed by atoms with Gasteiger partial charge in [-0.25, -0.2) is 19.2 Å². The van der Waals surface area contributed by atoms with Gasteiger partial charge in [0.05, 0.1) is 10.5 Å². The van der Waals surface area contributed by atoms with Crippen molar-refractivity contribution in [2.45, 2.75) is 39.4 Å². The summed E-state index contributed by atoms with van der Waals surface area (Å²) in [4.78, 5) is 20.9. The topological polar surface area (TPSA) is 73.3 Å². The zero-order valence-corrected chi connectivity index (χ0v) is 23.7. The van der Waals surface area contributed by atoms with Gasteiger partial charge in [-0.1, -0.05) is 48.0 Å². The van der Waals surface area contributed by atoms with E-state index >= 15 is 0 Å². The molecule has 3 aromatic carbocycles. The van der Waals surface area contributed by atoms with E-state index in [0.29, 0.717) is 28.6 Å². The zero-order chi connectivity index (χ0) is 29.0. The van der Waals surface area contributed by atoms with E-state index in [0.717, 1.165) is 33.3 Å². The molecule has 0 spiro atoms. The smallest absolute Gasteiger partial charge is 0.331 e. The maximum Gasteiger partial charge on any atom is 0.331 e. The minimum absolute atomic E-state index is 0.201. The largest absolute Gasteiger partial charge is 0.487 e. The molecule has 0 radical (unpaired) electrons. The summed E-state index contributed by atoms with van der Waals surface area (Å²) in [5, 5.41) is 4.61. The number of hydrogen-bond donors (Lipinski definition) is 1. The normalized spacial score (nSPS) is 13.3. The van der Waals surface area contributed by atoms with Crippen LogP contribution in [0.4, 0.5) is 15.9 Å². The third-order valence-corrected chi connectivity index (χ3v) is 6.51. The van der Waals surface area contributed by atoms with E-state index in [1.165, 1.54) is 24.5 Å². The molecule has 6 nitrogen and oxygen atoms in total. The molecule has 1 N–H and O–H groups in total. The predicted octanol–water partition coefficient (Wildman–Crippen LogP) is 8.36. The quantitative estimate of drug-likeness (QED) is 0.170. The Morgan fingerprint density at radius 3 is 2.71 bits per heavy atom. The van der Waals surface area contributed by atoms with Gasteiger partial charge in [-0.15, -0.1) is 0 Å². The second-order valence-electron chi connectivity index (χ2n) is 10.6. The summed E-state index contributed by atoms with van der Waals surface area (Å²) in [5.74, 6) is 0.455. The molecule has 0 unspecified atom stereocenters. The van der Waals surface area contributed by atoms with Crippen molar-refractivity contribution in [3.63, 3.8) is 0 Å². The fraction of sp³-hybridized carbons (Fsp3) is 0.182. The minimum Gasteiger partial charge on any atom is -0.487 e. The van der Waals surface area contributed by atoms with Gasteiger partial charge in [-0.05, 0) is 91.9 Å². The Bertz CT molecular complexity index is 1710. The number of nitrogens with one attached hydrogen (secondary N) is 1. The van der Waals surface area contributed by atoms with Crippen molar-refractivity contribution >= 4 is 45.6 Å². The molecule has 1 aliphatic carbocycles. The van der Waals surface area contributed by atoms with E-state index in [-0.39, 0.29) is 18.4 Å². The average Bonchev–Trinajstić information content (AvgIpc) is 3.40. The van der Waals surface area contributed by atoms with Crippen molar-refractivity contribution in [3.8, 4) is 5.75 Å². The van der Waals surface area contributed by atoms with E-state index in [1.807, 2.05) is 45.0 Å². The van der Waals surface area contributed by atoms with Crippen LogP contribution in [-0.2, 0) is 16.1 Å². The molecule has 0 aliphatic heterocycles. The highest BCUT2D eigenvalue weighted by atomic mass is 35.5. The Labute approximate surface area is 243 Å². The molecule has 5 rings (SSSR count). The maximum atomic E-state index is 13.5. The number of allylic oxidation sites excluding steroid dienone is 5. The summed E-state index contributed by atoms with van der Waals surface area (Å²) in [5.41, 5.74) is 4.88. The van der Waals surface area contributed by atoms with Crippen LogP contribution in [0.5, 0.6) is 5.75 Å². The first-order chi connectivity index (χ1) is 19.6. The third-order valence-electron chi connectivity index (χ3n) is 6.22. The predicted molar refractivity (Wildman–Crippen MR) is 161 cm³/mol. The first-order valence-corrected chi connectivity index (χ1v) is 13.5. The molecule has 1 heterocycles. The molecule has 0 bridgehead atoms. The van der Waals surface area contributed by atoms with Crippen LogP contribution in [0.25, 0.3) is 16.5 Å².